The predicted molar refractivity (Wildman–Crippen MR) is 242 cm³/mol. The number of hydrogen-bond donors (Lipinski definition) is 0. The van der Waals surface area contributed by atoms with E-state index in [1.165, 1.54) is 43.6 Å². The summed E-state index contributed by atoms with van der Waals surface area (Å²) < 4.78 is 4.89. The average Bonchev–Trinajstić information content (AvgIpc) is 3.81. The lowest BCUT2D eigenvalue weighted by atomic mass is 9.96. The summed E-state index contributed by atoms with van der Waals surface area (Å²) in [5, 5.41) is 7.30. The number of aromatic nitrogens is 4. The van der Waals surface area contributed by atoms with Crippen molar-refractivity contribution in [3.05, 3.63) is 206 Å². The van der Waals surface area contributed by atoms with Crippen LogP contribution in [0.15, 0.2) is 206 Å². The van der Waals surface area contributed by atoms with Crippen LogP contribution in [0.1, 0.15) is 0 Å². The molecule has 0 radical (unpaired) electrons. The highest BCUT2D eigenvalue weighted by Crippen LogP contribution is 2.44. The standard InChI is InChI=1S/C54H34N4/c1-4-16-35(17-5-1)43-33-39-32-38(54-53(36-18-6-2-7-19-36)55-44-24-12-13-25-45(44)56-54)29-28-37(39)34-50(43)58-47-27-15-11-23-42(47)52-49(58)31-30-48-51(52)41-22-10-14-26-46(41)57(48)40-20-8-3-9-21-40/h1-34H. The fourth-order valence-electron chi connectivity index (χ4n) is 9.10. The van der Waals surface area contributed by atoms with Crippen LogP contribution in [0.4, 0.5) is 0 Å². The van der Waals surface area contributed by atoms with Crippen molar-refractivity contribution in [2.24, 2.45) is 0 Å². The van der Waals surface area contributed by atoms with Gasteiger partial charge in [-0.05, 0) is 83.1 Å². The van der Waals surface area contributed by atoms with Gasteiger partial charge < -0.3 is 9.13 Å². The summed E-state index contributed by atoms with van der Waals surface area (Å²) in [6.45, 7) is 0. The van der Waals surface area contributed by atoms with Crippen molar-refractivity contribution in [1.29, 1.82) is 0 Å². The van der Waals surface area contributed by atoms with Gasteiger partial charge in [0.25, 0.3) is 0 Å². The van der Waals surface area contributed by atoms with Crippen LogP contribution < -0.4 is 0 Å². The molecule has 4 nitrogen and oxygen atoms in total. The van der Waals surface area contributed by atoms with Gasteiger partial charge in [-0.1, -0.05) is 140 Å². The Morgan fingerprint density at radius 1 is 0.328 bits per heavy atom. The number of benzene rings is 9. The van der Waals surface area contributed by atoms with E-state index in [9.17, 15) is 0 Å². The summed E-state index contributed by atoms with van der Waals surface area (Å²) in [6.07, 6.45) is 0. The summed E-state index contributed by atoms with van der Waals surface area (Å²) in [5.41, 5.74) is 15.0. The van der Waals surface area contributed by atoms with Gasteiger partial charge in [0.2, 0.25) is 0 Å². The van der Waals surface area contributed by atoms with Crippen LogP contribution in [0.5, 0.6) is 0 Å². The van der Waals surface area contributed by atoms with E-state index in [2.05, 4.69) is 185 Å². The zero-order chi connectivity index (χ0) is 38.2. The summed E-state index contributed by atoms with van der Waals surface area (Å²) in [4.78, 5) is 10.4. The Morgan fingerprint density at radius 3 is 1.50 bits per heavy atom. The van der Waals surface area contributed by atoms with Crippen LogP contribution in [0.2, 0.25) is 0 Å². The van der Waals surface area contributed by atoms with Gasteiger partial charge in [0, 0.05) is 43.9 Å². The summed E-state index contributed by atoms with van der Waals surface area (Å²) in [7, 11) is 0. The molecule has 0 amide bonds. The Bertz CT molecular complexity index is 3550. The number of nitrogens with zero attached hydrogens (tertiary/aromatic N) is 4. The highest BCUT2D eigenvalue weighted by atomic mass is 15.0. The average molecular weight is 739 g/mol. The van der Waals surface area contributed by atoms with Gasteiger partial charge in [-0.3, -0.25) is 0 Å². The highest BCUT2D eigenvalue weighted by molar-refractivity contribution is 6.29. The molecule has 12 aromatic rings. The third-order valence-corrected chi connectivity index (χ3v) is 11.7. The SMILES string of the molecule is c1ccc(-c2cc3cc(-c4nc5ccccc5nc4-c4ccccc4)ccc3cc2-n2c3ccccc3c3c4c5ccccc5n(-c5ccccc5)c4ccc32)cc1. The molecule has 0 aliphatic rings. The van der Waals surface area contributed by atoms with Crippen LogP contribution in [0.25, 0.3) is 110 Å². The zero-order valence-corrected chi connectivity index (χ0v) is 31.4. The van der Waals surface area contributed by atoms with Gasteiger partial charge in [0.05, 0.1) is 50.2 Å². The van der Waals surface area contributed by atoms with Gasteiger partial charge in [-0.25, -0.2) is 9.97 Å². The van der Waals surface area contributed by atoms with Gasteiger partial charge in [0.1, 0.15) is 0 Å². The Kier molecular flexibility index (Phi) is 7.20. The first-order valence-corrected chi connectivity index (χ1v) is 19.8. The van der Waals surface area contributed by atoms with E-state index in [-0.39, 0.29) is 0 Å². The minimum Gasteiger partial charge on any atom is -0.309 e. The van der Waals surface area contributed by atoms with Gasteiger partial charge in [0.15, 0.2) is 0 Å². The Hall–Kier alpha value is -7.82. The smallest absolute Gasteiger partial charge is 0.0973 e. The minimum absolute atomic E-state index is 0.873. The lowest BCUT2D eigenvalue weighted by Crippen LogP contribution is -1.99. The molecule has 0 saturated carbocycles. The molecule has 0 fully saturated rings. The molecule has 58 heavy (non-hydrogen) atoms. The molecule has 0 N–H and O–H groups in total. The van der Waals surface area contributed by atoms with E-state index in [1.807, 2.05) is 30.3 Å². The van der Waals surface area contributed by atoms with Gasteiger partial charge in [-0.2, -0.15) is 0 Å². The Labute approximate surface area is 334 Å². The number of fused-ring (bicyclic) bond motifs is 9. The van der Waals surface area contributed by atoms with Gasteiger partial charge in [-0.15, -0.1) is 0 Å². The molecule has 0 aliphatic carbocycles. The quantitative estimate of drug-likeness (QED) is 0.176. The molecule has 3 aromatic heterocycles. The second-order valence-corrected chi connectivity index (χ2v) is 15.0. The maximum absolute atomic E-state index is 5.23. The molecule has 0 bridgehead atoms. The van der Waals surface area contributed by atoms with Crippen molar-refractivity contribution in [2.75, 3.05) is 0 Å². The molecule has 0 spiro atoms. The fourth-order valence-corrected chi connectivity index (χ4v) is 9.10. The maximum atomic E-state index is 5.23. The Morgan fingerprint density at radius 2 is 0.845 bits per heavy atom. The summed E-state index contributed by atoms with van der Waals surface area (Å²) in [5.74, 6) is 0. The topological polar surface area (TPSA) is 35.6 Å². The summed E-state index contributed by atoms with van der Waals surface area (Å²) >= 11 is 0. The maximum Gasteiger partial charge on any atom is 0.0973 e. The zero-order valence-electron chi connectivity index (χ0n) is 31.4. The molecule has 270 valence electrons. The number of rotatable bonds is 5. The monoisotopic (exact) mass is 738 g/mol. The van der Waals surface area contributed by atoms with E-state index < -0.39 is 0 Å². The molecule has 3 heterocycles. The molecule has 4 heteroatoms. The van der Waals surface area contributed by atoms with E-state index in [1.54, 1.807) is 0 Å². The molecule has 0 unspecified atom stereocenters. The van der Waals surface area contributed by atoms with E-state index >= 15 is 0 Å². The van der Waals surface area contributed by atoms with Crippen LogP contribution in [0, 0.1) is 0 Å². The van der Waals surface area contributed by atoms with Crippen LogP contribution in [0.3, 0.4) is 0 Å². The van der Waals surface area contributed by atoms with Crippen LogP contribution in [-0.2, 0) is 0 Å². The lowest BCUT2D eigenvalue weighted by molar-refractivity contribution is 1.17. The largest absolute Gasteiger partial charge is 0.309 e. The normalized spacial score (nSPS) is 11.8. The molecular formula is C54H34N4. The summed E-state index contributed by atoms with van der Waals surface area (Å²) in [6, 6.07) is 73.8. The van der Waals surface area contributed by atoms with E-state index in [0.717, 1.165) is 66.8 Å². The predicted octanol–water partition coefficient (Wildman–Crippen LogP) is 14.0. The second-order valence-electron chi connectivity index (χ2n) is 15.0. The van der Waals surface area contributed by atoms with Crippen molar-refractivity contribution < 1.29 is 0 Å². The molecule has 0 atom stereocenters. The Balaban J connectivity index is 1.14. The molecule has 0 saturated heterocycles. The van der Waals surface area contributed by atoms with E-state index in [4.69, 9.17) is 9.97 Å². The highest BCUT2D eigenvalue weighted by Gasteiger charge is 2.22. The molecule has 0 aliphatic heterocycles. The van der Waals surface area contributed by atoms with E-state index in [0.29, 0.717) is 0 Å². The van der Waals surface area contributed by atoms with Crippen molar-refractivity contribution in [3.8, 4) is 45.0 Å². The molecular weight excluding hydrogens is 705 g/mol. The minimum atomic E-state index is 0.873. The number of para-hydroxylation sites is 5. The first-order chi connectivity index (χ1) is 28.8. The van der Waals surface area contributed by atoms with Crippen LogP contribution in [-0.4, -0.2) is 19.1 Å². The van der Waals surface area contributed by atoms with Crippen molar-refractivity contribution in [2.45, 2.75) is 0 Å². The second kappa shape index (κ2) is 12.9. The van der Waals surface area contributed by atoms with Crippen molar-refractivity contribution in [3.63, 3.8) is 0 Å². The van der Waals surface area contributed by atoms with Crippen molar-refractivity contribution in [1.82, 2.24) is 19.1 Å². The van der Waals surface area contributed by atoms with Crippen molar-refractivity contribution >= 4 is 65.4 Å². The lowest BCUT2D eigenvalue weighted by Gasteiger charge is -2.17. The third-order valence-electron chi connectivity index (χ3n) is 11.7. The third kappa shape index (κ3) is 4.95. The molecule has 9 aromatic carbocycles. The fraction of sp³-hybridized carbons (Fsp3) is 0. The number of hydrogen-bond acceptors (Lipinski definition) is 2. The molecule has 12 rings (SSSR count). The first-order valence-electron chi connectivity index (χ1n) is 19.8. The van der Waals surface area contributed by atoms with Gasteiger partial charge >= 0.3 is 0 Å². The van der Waals surface area contributed by atoms with Crippen LogP contribution >= 0.6 is 0 Å². The first kappa shape index (κ1) is 32.4.